The number of aromatic nitrogens is 1. The molecule has 2 N–H and O–H groups in total. The highest BCUT2D eigenvalue weighted by atomic mass is 16.5. The van der Waals surface area contributed by atoms with E-state index in [-0.39, 0.29) is 29.0 Å². The van der Waals surface area contributed by atoms with Gasteiger partial charge in [-0.2, -0.15) is 0 Å². The molecule has 2 aromatic rings. The summed E-state index contributed by atoms with van der Waals surface area (Å²) in [5.41, 5.74) is 3.33. The van der Waals surface area contributed by atoms with Gasteiger partial charge in [-0.3, -0.25) is 14.4 Å². The maximum atomic E-state index is 12.8. The van der Waals surface area contributed by atoms with Gasteiger partial charge in [-0.1, -0.05) is 6.07 Å². The van der Waals surface area contributed by atoms with Crippen molar-refractivity contribution < 1.29 is 14.3 Å². The smallest absolute Gasteiger partial charge is 0.260 e. The van der Waals surface area contributed by atoms with Crippen LogP contribution in [0.25, 0.3) is 0 Å². The van der Waals surface area contributed by atoms with Gasteiger partial charge in [0.1, 0.15) is 11.7 Å². The fourth-order valence-electron chi connectivity index (χ4n) is 3.73. The molecule has 1 fully saturated rings. The number of hydrogen-bond donors (Lipinski definition) is 2. The topological polar surface area (TPSA) is 91.5 Å². The third kappa shape index (κ3) is 3.71. The van der Waals surface area contributed by atoms with Crippen LogP contribution in [0.1, 0.15) is 40.0 Å². The Hall–Kier alpha value is -2.93. The van der Waals surface area contributed by atoms with Crippen LogP contribution >= 0.6 is 0 Å². The third-order valence-electron chi connectivity index (χ3n) is 5.28. The summed E-state index contributed by atoms with van der Waals surface area (Å²) in [5, 5.41) is 2.90. The van der Waals surface area contributed by atoms with Crippen molar-refractivity contribution in [3.8, 4) is 0 Å². The number of fused-ring (bicyclic) bond motifs is 1. The zero-order valence-electron chi connectivity index (χ0n) is 15.8. The molecule has 2 aliphatic rings. The zero-order chi connectivity index (χ0) is 19.7. The van der Waals surface area contributed by atoms with Gasteiger partial charge < -0.3 is 19.9 Å². The summed E-state index contributed by atoms with van der Waals surface area (Å²) in [5.74, 6) is -0.409. The van der Waals surface area contributed by atoms with Crippen molar-refractivity contribution in [2.45, 2.75) is 38.8 Å². The number of nitrogens with zero attached hydrogens (tertiary/aromatic N) is 1. The predicted molar refractivity (Wildman–Crippen MR) is 104 cm³/mol. The molecule has 3 heterocycles. The van der Waals surface area contributed by atoms with E-state index in [9.17, 15) is 14.4 Å². The monoisotopic (exact) mass is 381 g/mol. The van der Waals surface area contributed by atoms with E-state index >= 15 is 0 Å². The standard InChI is InChI=1S/C21H23N3O4/c1-13-4-7-17(19(25)22-13)21(27)24-9-8-14-5-6-16(11-15(14)12-24)23-20(26)18-3-2-10-28-18/h4-7,11,18H,2-3,8-10,12H2,1H3,(H,22,25)(H,23,26). The number of amides is 2. The molecule has 2 aliphatic heterocycles. The number of nitrogens with one attached hydrogen (secondary N) is 2. The van der Waals surface area contributed by atoms with Gasteiger partial charge in [-0.05, 0) is 61.6 Å². The molecule has 0 bridgehead atoms. The normalized spacial score (nSPS) is 18.6. The number of rotatable bonds is 3. The SMILES string of the molecule is Cc1ccc(C(=O)N2CCc3ccc(NC(=O)C4CCCO4)cc3C2)c(=O)[nH]1. The summed E-state index contributed by atoms with van der Waals surface area (Å²) in [7, 11) is 0. The quantitative estimate of drug-likeness (QED) is 0.851. The van der Waals surface area contributed by atoms with Crippen molar-refractivity contribution in [3.63, 3.8) is 0 Å². The van der Waals surface area contributed by atoms with Crippen LogP contribution in [-0.2, 0) is 22.5 Å². The Balaban J connectivity index is 1.50. The van der Waals surface area contributed by atoms with E-state index in [0.717, 1.165) is 29.7 Å². The summed E-state index contributed by atoms with van der Waals surface area (Å²) in [6.45, 7) is 3.36. The van der Waals surface area contributed by atoms with Crippen LogP contribution in [0.15, 0.2) is 35.1 Å². The second kappa shape index (κ2) is 7.59. The van der Waals surface area contributed by atoms with Crippen molar-refractivity contribution in [1.29, 1.82) is 0 Å². The van der Waals surface area contributed by atoms with Gasteiger partial charge in [0.05, 0.1) is 0 Å². The summed E-state index contributed by atoms with van der Waals surface area (Å²) >= 11 is 0. The lowest BCUT2D eigenvalue weighted by Gasteiger charge is -2.29. The lowest BCUT2D eigenvalue weighted by Crippen LogP contribution is -2.38. The number of aryl methyl sites for hydroxylation is 1. The molecule has 0 saturated carbocycles. The molecule has 1 atom stereocenters. The molecule has 1 saturated heterocycles. The minimum Gasteiger partial charge on any atom is -0.368 e. The molecule has 146 valence electrons. The van der Waals surface area contributed by atoms with E-state index in [2.05, 4.69) is 10.3 Å². The highest BCUT2D eigenvalue weighted by molar-refractivity contribution is 5.95. The van der Waals surface area contributed by atoms with Crippen LogP contribution in [0.3, 0.4) is 0 Å². The van der Waals surface area contributed by atoms with Crippen LogP contribution in [0.4, 0.5) is 5.69 Å². The number of H-pyrrole nitrogens is 1. The van der Waals surface area contributed by atoms with E-state index in [1.54, 1.807) is 24.0 Å². The number of carbonyl (C=O) groups is 2. The van der Waals surface area contributed by atoms with E-state index in [0.29, 0.717) is 31.8 Å². The maximum absolute atomic E-state index is 12.8. The Bertz CT molecular complexity index is 976. The maximum Gasteiger partial charge on any atom is 0.260 e. The first-order valence-electron chi connectivity index (χ1n) is 9.55. The van der Waals surface area contributed by atoms with Crippen molar-refractivity contribution in [2.24, 2.45) is 0 Å². The molecule has 7 nitrogen and oxygen atoms in total. The van der Waals surface area contributed by atoms with Gasteiger partial charge in [-0.25, -0.2) is 0 Å². The number of hydrogen-bond acceptors (Lipinski definition) is 4. The average molecular weight is 381 g/mol. The lowest BCUT2D eigenvalue weighted by molar-refractivity contribution is -0.124. The second-order valence-corrected chi connectivity index (χ2v) is 7.34. The largest absolute Gasteiger partial charge is 0.368 e. The molecule has 0 aliphatic carbocycles. The van der Waals surface area contributed by atoms with Crippen LogP contribution in [-0.4, -0.2) is 41.0 Å². The van der Waals surface area contributed by atoms with Gasteiger partial charge in [0, 0.05) is 31.1 Å². The number of carbonyl (C=O) groups excluding carboxylic acids is 2. The molecule has 1 aromatic heterocycles. The summed E-state index contributed by atoms with van der Waals surface area (Å²) in [6.07, 6.45) is 1.97. The first-order chi connectivity index (χ1) is 13.5. The third-order valence-corrected chi connectivity index (χ3v) is 5.28. The second-order valence-electron chi connectivity index (χ2n) is 7.34. The molecule has 4 rings (SSSR count). The van der Waals surface area contributed by atoms with E-state index in [1.165, 1.54) is 0 Å². The highest BCUT2D eigenvalue weighted by Gasteiger charge is 2.26. The predicted octanol–water partition coefficient (Wildman–Crippen LogP) is 2.00. The number of pyridine rings is 1. The Morgan fingerprint density at radius 3 is 2.82 bits per heavy atom. The van der Waals surface area contributed by atoms with Gasteiger partial charge in [0.2, 0.25) is 0 Å². The molecular formula is C21H23N3O4. The average Bonchev–Trinajstić information content (AvgIpc) is 3.22. The highest BCUT2D eigenvalue weighted by Crippen LogP contribution is 2.24. The van der Waals surface area contributed by atoms with Crippen LogP contribution in [0.5, 0.6) is 0 Å². The van der Waals surface area contributed by atoms with Crippen molar-refractivity contribution in [3.05, 3.63) is 63.1 Å². The Morgan fingerprint density at radius 2 is 2.07 bits per heavy atom. The van der Waals surface area contributed by atoms with E-state index in [4.69, 9.17) is 4.74 Å². The Kier molecular flexibility index (Phi) is 5.00. The van der Waals surface area contributed by atoms with E-state index < -0.39 is 0 Å². The lowest BCUT2D eigenvalue weighted by atomic mass is 9.98. The van der Waals surface area contributed by atoms with Crippen LogP contribution in [0, 0.1) is 6.92 Å². The van der Waals surface area contributed by atoms with Gasteiger partial charge in [-0.15, -0.1) is 0 Å². The van der Waals surface area contributed by atoms with Crippen molar-refractivity contribution >= 4 is 17.5 Å². The molecular weight excluding hydrogens is 358 g/mol. The summed E-state index contributed by atoms with van der Waals surface area (Å²) < 4.78 is 5.42. The van der Waals surface area contributed by atoms with Gasteiger partial charge in [0.25, 0.3) is 17.4 Å². The van der Waals surface area contributed by atoms with Crippen molar-refractivity contribution in [1.82, 2.24) is 9.88 Å². The van der Waals surface area contributed by atoms with Crippen LogP contribution in [0.2, 0.25) is 0 Å². The molecule has 1 unspecified atom stereocenters. The Labute approximate surface area is 162 Å². The number of benzene rings is 1. The first-order valence-corrected chi connectivity index (χ1v) is 9.55. The number of anilines is 1. The minimum atomic E-state index is -0.387. The fourth-order valence-corrected chi connectivity index (χ4v) is 3.73. The molecule has 0 spiro atoms. The van der Waals surface area contributed by atoms with Gasteiger partial charge >= 0.3 is 0 Å². The summed E-state index contributed by atoms with van der Waals surface area (Å²) in [4.78, 5) is 41.5. The molecule has 28 heavy (non-hydrogen) atoms. The molecule has 2 amide bonds. The number of aromatic amines is 1. The first kappa shape index (κ1) is 18.4. The fraction of sp³-hybridized carbons (Fsp3) is 0.381. The van der Waals surface area contributed by atoms with E-state index in [1.807, 2.05) is 18.2 Å². The minimum absolute atomic E-state index is 0.132. The summed E-state index contributed by atoms with van der Waals surface area (Å²) in [6, 6.07) is 9.07. The number of ether oxygens (including phenoxy) is 1. The Morgan fingerprint density at radius 1 is 1.21 bits per heavy atom. The zero-order valence-corrected chi connectivity index (χ0v) is 15.8. The molecule has 0 radical (unpaired) electrons. The van der Waals surface area contributed by atoms with Gasteiger partial charge in [0.15, 0.2) is 0 Å². The van der Waals surface area contributed by atoms with Crippen LogP contribution < -0.4 is 10.9 Å². The molecule has 1 aromatic carbocycles. The van der Waals surface area contributed by atoms with Crippen molar-refractivity contribution in [2.75, 3.05) is 18.5 Å². The molecule has 7 heteroatoms.